The van der Waals surface area contributed by atoms with E-state index < -0.39 is 0 Å². The Bertz CT molecular complexity index is 462. The number of pyridine rings is 1. The van der Waals surface area contributed by atoms with E-state index in [0.717, 1.165) is 32.4 Å². The summed E-state index contributed by atoms with van der Waals surface area (Å²) in [5.41, 5.74) is 2.58. The molecule has 4 heteroatoms. The summed E-state index contributed by atoms with van der Waals surface area (Å²) in [6, 6.07) is 4.00. The van der Waals surface area contributed by atoms with Gasteiger partial charge in [-0.05, 0) is 56.7 Å². The number of aromatic nitrogens is 1. The van der Waals surface area contributed by atoms with Crippen molar-refractivity contribution in [2.45, 2.75) is 45.4 Å². The highest BCUT2D eigenvalue weighted by Gasteiger charge is 2.11. The van der Waals surface area contributed by atoms with Crippen LogP contribution in [0.5, 0.6) is 0 Å². The number of rotatable bonds is 5. The molecule has 0 bridgehead atoms. The molecule has 0 saturated heterocycles. The van der Waals surface area contributed by atoms with Crippen molar-refractivity contribution in [2.75, 3.05) is 13.1 Å². The van der Waals surface area contributed by atoms with E-state index in [1.165, 1.54) is 30.4 Å². The molecule has 1 saturated carbocycles. The molecule has 1 N–H and O–H groups in total. The molecule has 1 aromatic heterocycles. The van der Waals surface area contributed by atoms with Crippen LogP contribution in [0.4, 0.5) is 4.79 Å². The van der Waals surface area contributed by atoms with Crippen LogP contribution in [0.3, 0.4) is 0 Å². The van der Waals surface area contributed by atoms with Gasteiger partial charge in [0, 0.05) is 31.7 Å². The van der Waals surface area contributed by atoms with Gasteiger partial charge in [-0.1, -0.05) is 12.0 Å². The summed E-state index contributed by atoms with van der Waals surface area (Å²) < 4.78 is 0. The molecule has 0 radical (unpaired) electrons. The van der Waals surface area contributed by atoms with Gasteiger partial charge >= 0.3 is 6.03 Å². The van der Waals surface area contributed by atoms with Crippen molar-refractivity contribution in [3.05, 3.63) is 41.9 Å². The molecular formula is C17H25N3O. The number of nitrogens with zero attached hydrogens (tertiary/aromatic N) is 2. The van der Waals surface area contributed by atoms with Crippen LogP contribution >= 0.6 is 0 Å². The Kier molecular flexibility index (Phi) is 6.25. The van der Waals surface area contributed by atoms with Gasteiger partial charge in [0.1, 0.15) is 0 Å². The summed E-state index contributed by atoms with van der Waals surface area (Å²) in [6.07, 6.45) is 12.4. The van der Waals surface area contributed by atoms with Crippen LogP contribution in [0, 0.1) is 0 Å². The normalized spacial score (nSPS) is 14.6. The fourth-order valence-corrected chi connectivity index (χ4v) is 2.62. The molecule has 2 rings (SSSR count). The van der Waals surface area contributed by atoms with Gasteiger partial charge < -0.3 is 10.2 Å². The van der Waals surface area contributed by atoms with Gasteiger partial charge in [-0.15, -0.1) is 0 Å². The average molecular weight is 287 g/mol. The quantitative estimate of drug-likeness (QED) is 0.901. The third-order valence-corrected chi connectivity index (χ3v) is 3.98. The molecule has 21 heavy (non-hydrogen) atoms. The van der Waals surface area contributed by atoms with Crippen molar-refractivity contribution in [3.63, 3.8) is 0 Å². The summed E-state index contributed by atoms with van der Waals surface area (Å²) in [5.74, 6) is 0. The van der Waals surface area contributed by atoms with Crippen molar-refractivity contribution in [3.8, 4) is 0 Å². The summed E-state index contributed by atoms with van der Waals surface area (Å²) in [7, 11) is 0. The molecule has 114 valence electrons. The van der Waals surface area contributed by atoms with Gasteiger partial charge in [-0.3, -0.25) is 4.98 Å². The maximum absolute atomic E-state index is 12.2. The van der Waals surface area contributed by atoms with Crippen LogP contribution in [0.25, 0.3) is 0 Å². The average Bonchev–Trinajstić information content (AvgIpc) is 2.55. The van der Waals surface area contributed by atoms with E-state index >= 15 is 0 Å². The molecule has 0 spiro atoms. The maximum atomic E-state index is 12.2. The number of hydrogen-bond acceptors (Lipinski definition) is 2. The first-order valence-corrected chi connectivity index (χ1v) is 7.92. The third kappa shape index (κ3) is 5.21. The Balaban J connectivity index is 1.80. The second-order valence-corrected chi connectivity index (χ2v) is 5.50. The minimum Gasteiger partial charge on any atom is -0.324 e. The number of carbonyl (C=O) groups excluding carboxylic acids is 1. The zero-order chi connectivity index (χ0) is 14.9. The maximum Gasteiger partial charge on any atom is 0.321 e. The molecule has 0 unspecified atom stereocenters. The van der Waals surface area contributed by atoms with Gasteiger partial charge in [0.05, 0.1) is 0 Å². The highest BCUT2D eigenvalue weighted by Crippen LogP contribution is 2.21. The Morgan fingerprint density at radius 2 is 2.00 bits per heavy atom. The van der Waals surface area contributed by atoms with Crippen LogP contribution in [0.2, 0.25) is 0 Å². The molecule has 0 aromatic carbocycles. The van der Waals surface area contributed by atoms with Crippen LogP contribution in [0.1, 0.15) is 44.6 Å². The van der Waals surface area contributed by atoms with Gasteiger partial charge in [0.25, 0.3) is 0 Å². The molecule has 1 aliphatic rings. The van der Waals surface area contributed by atoms with E-state index in [1.807, 2.05) is 30.2 Å². The van der Waals surface area contributed by atoms with E-state index in [-0.39, 0.29) is 6.03 Å². The first-order chi connectivity index (χ1) is 10.3. The zero-order valence-electron chi connectivity index (χ0n) is 12.8. The Hall–Kier alpha value is -1.84. The zero-order valence-corrected chi connectivity index (χ0v) is 12.8. The van der Waals surface area contributed by atoms with Gasteiger partial charge in [0.2, 0.25) is 0 Å². The standard InChI is InChI=1S/C17H25N3O/c1-2-20(13-10-15-8-11-18-12-9-15)17(21)19-14-16-6-4-3-5-7-16/h8-9,11-12,14H,2-7,10,13H2,1H3,(H,19,21). The minimum absolute atomic E-state index is 0.00429. The lowest BCUT2D eigenvalue weighted by atomic mass is 9.96. The topological polar surface area (TPSA) is 45.2 Å². The van der Waals surface area contributed by atoms with Crippen molar-refractivity contribution in [2.24, 2.45) is 0 Å². The van der Waals surface area contributed by atoms with E-state index in [2.05, 4.69) is 10.3 Å². The summed E-state index contributed by atoms with van der Waals surface area (Å²) in [6.45, 7) is 3.47. The van der Waals surface area contributed by atoms with E-state index in [4.69, 9.17) is 0 Å². The van der Waals surface area contributed by atoms with Crippen molar-refractivity contribution < 1.29 is 4.79 Å². The van der Waals surface area contributed by atoms with Crippen LogP contribution in [-0.4, -0.2) is 29.0 Å². The largest absolute Gasteiger partial charge is 0.324 e. The van der Waals surface area contributed by atoms with Crippen LogP contribution in [0.15, 0.2) is 36.3 Å². The molecule has 1 aliphatic carbocycles. The van der Waals surface area contributed by atoms with Crippen molar-refractivity contribution >= 4 is 6.03 Å². The molecule has 0 atom stereocenters. The van der Waals surface area contributed by atoms with Crippen LogP contribution < -0.4 is 5.32 Å². The predicted molar refractivity (Wildman–Crippen MR) is 84.9 cm³/mol. The van der Waals surface area contributed by atoms with E-state index in [0.29, 0.717) is 0 Å². The number of carbonyl (C=O) groups is 1. The second kappa shape index (κ2) is 8.45. The molecule has 2 amide bonds. The smallest absolute Gasteiger partial charge is 0.321 e. The van der Waals surface area contributed by atoms with Gasteiger partial charge in [-0.25, -0.2) is 4.79 Å². The molecule has 0 aliphatic heterocycles. The van der Waals surface area contributed by atoms with Crippen molar-refractivity contribution in [1.82, 2.24) is 15.2 Å². The molecular weight excluding hydrogens is 262 g/mol. The van der Waals surface area contributed by atoms with E-state index in [1.54, 1.807) is 12.4 Å². The number of allylic oxidation sites excluding steroid dienone is 1. The minimum atomic E-state index is 0.00429. The Morgan fingerprint density at radius 1 is 1.29 bits per heavy atom. The summed E-state index contributed by atoms with van der Waals surface area (Å²) in [4.78, 5) is 18.1. The summed E-state index contributed by atoms with van der Waals surface area (Å²) >= 11 is 0. The monoisotopic (exact) mass is 287 g/mol. The molecule has 1 heterocycles. The Labute approximate surface area is 127 Å². The number of nitrogens with one attached hydrogen (secondary N) is 1. The number of likely N-dealkylation sites (N-methyl/N-ethyl adjacent to an activating group) is 1. The van der Waals surface area contributed by atoms with Gasteiger partial charge in [-0.2, -0.15) is 0 Å². The molecule has 4 nitrogen and oxygen atoms in total. The predicted octanol–water partition coefficient (Wildman–Crippen LogP) is 3.50. The molecule has 1 aromatic rings. The van der Waals surface area contributed by atoms with Crippen molar-refractivity contribution in [1.29, 1.82) is 0 Å². The third-order valence-electron chi connectivity index (χ3n) is 3.98. The highest BCUT2D eigenvalue weighted by molar-refractivity contribution is 5.75. The highest BCUT2D eigenvalue weighted by atomic mass is 16.2. The lowest BCUT2D eigenvalue weighted by molar-refractivity contribution is 0.205. The second-order valence-electron chi connectivity index (χ2n) is 5.50. The molecule has 1 fully saturated rings. The number of hydrogen-bond donors (Lipinski definition) is 1. The first-order valence-electron chi connectivity index (χ1n) is 7.92. The number of amides is 2. The Morgan fingerprint density at radius 3 is 2.67 bits per heavy atom. The van der Waals surface area contributed by atoms with E-state index in [9.17, 15) is 4.79 Å². The lowest BCUT2D eigenvalue weighted by Gasteiger charge is -2.21. The SMILES string of the molecule is CCN(CCc1ccncc1)C(=O)NC=C1CCCCC1. The fourth-order valence-electron chi connectivity index (χ4n) is 2.62. The summed E-state index contributed by atoms with van der Waals surface area (Å²) in [5, 5.41) is 2.95. The van der Waals surface area contributed by atoms with Gasteiger partial charge in [0.15, 0.2) is 0 Å². The van der Waals surface area contributed by atoms with Crippen LogP contribution in [-0.2, 0) is 6.42 Å². The lowest BCUT2D eigenvalue weighted by Crippen LogP contribution is -2.39. The number of urea groups is 1. The first kappa shape index (κ1) is 15.5. The fraction of sp³-hybridized carbons (Fsp3) is 0.529.